The molecule has 0 aliphatic heterocycles. The van der Waals surface area contributed by atoms with Gasteiger partial charge in [0.15, 0.2) is 0 Å². The van der Waals surface area contributed by atoms with Gasteiger partial charge in [-0.25, -0.2) is 4.21 Å². The summed E-state index contributed by atoms with van der Waals surface area (Å²) < 4.78 is 10.6. The molecule has 1 aliphatic carbocycles. The fourth-order valence-electron chi connectivity index (χ4n) is 1.59. The molecule has 0 bridgehead atoms. The van der Waals surface area contributed by atoms with E-state index in [1.807, 2.05) is 0 Å². The van der Waals surface area contributed by atoms with E-state index in [4.69, 9.17) is 5.14 Å². The van der Waals surface area contributed by atoms with Gasteiger partial charge in [-0.1, -0.05) is 19.3 Å². The molecule has 1 fully saturated rings. The molecule has 3 heteroatoms. The van der Waals surface area contributed by atoms with Gasteiger partial charge in [0.1, 0.15) is 0 Å². The summed E-state index contributed by atoms with van der Waals surface area (Å²) in [6, 6.07) is 0. The van der Waals surface area contributed by atoms with E-state index in [2.05, 4.69) is 0 Å². The lowest BCUT2D eigenvalue weighted by Gasteiger charge is -2.19. The van der Waals surface area contributed by atoms with Crippen molar-refractivity contribution in [3.63, 3.8) is 0 Å². The number of hydrogen-bond donors (Lipinski definition) is 1. The van der Waals surface area contributed by atoms with Crippen molar-refractivity contribution in [3.8, 4) is 0 Å². The van der Waals surface area contributed by atoms with E-state index in [1.165, 1.54) is 32.1 Å². The maximum absolute atomic E-state index is 10.6. The van der Waals surface area contributed by atoms with Gasteiger partial charge in [-0.3, -0.25) is 5.14 Å². The predicted octanol–water partition coefficient (Wildman–Crippen LogP) is 1.19. The van der Waals surface area contributed by atoms with Crippen molar-refractivity contribution in [2.75, 3.05) is 5.75 Å². The summed E-state index contributed by atoms with van der Waals surface area (Å²) in [5, 5.41) is 5.20. The van der Waals surface area contributed by atoms with Crippen molar-refractivity contribution < 1.29 is 4.21 Å². The molecule has 0 radical (unpaired) electrons. The Hall–Kier alpha value is 0.110. The first-order chi connectivity index (χ1) is 4.79. The lowest BCUT2D eigenvalue weighted by atomic mass is 9.91. The average molecular weight is 161 g/mol. The van der Waals surface area contributed by atoms with Crippen LogP contribution in [0, 0.1) is 5.92 Å². The molecule has 2 N–H and O–H groups in total. The lowest BCUT2D eigenvalue weighted by molar-refractivity contribution is 0.388. The van der Waals surface area contributed by atoms with Gasteiger partial charge in [-0.05, 0) is 18.8 Å². The summed E-state index contributed by atoms with van der Waals surface area (Å²) >= 11 is 0. The second-order valence-corrected chi connectivity index (χ2v) is 4.15. The first kappa shape index (κ1) is 8.21. The fourth-order valence-corrected chi connectivity index (χ4v) is 2.38. The summed E-state index contributed by atoms with van der Waals surface area (Å²) in [6.45, 7) is 0. The van der Waals surface area contributed by atoms with Gasteiger partial charge in [0.25, 0.3) is 0 Å². The van der Waals surface area contributed by atoms with Crippen LogP contribution in [0.4, 0.5) is 0 Å². The van der Waals surface area contributed by atoms with E-state index in [-0.39, 0.29) is 0 Å². The molecule has 0 aromatic rings. The summed E-state index contributed by atoms with van der Waals surface area (Å²) in [5.41, 5.74) is 0. The van der Waals surface area contributed by atoms with Crippen LogP contribution < -0.4 is 5.14 Å². The number of nitrogens with two attached hydrogens (primary N) is 1. The Bertz CT molecular complexity index is 121. The molecule has 1 aliphatic rings. The first-order valence-electron chi connectivity index (χ1n) is 3.92. The molecule has 0 saturated heterocycles. The van der Waals surface area contributed by atoms with Crippen molar-refractivity contribution in [1.82, 2.24) is 0 Å². The maximum atomic E-state index is 10.6. The third-order valence-corrected chi connectivity index (χ3v) is 2.92. The van der Waals surface area contributed by atoms with Crippen LogP contribution in [0.3, 0.4) is 0 Å². The zero-order chi connectivity index (χ0) is 7.40. The summed E-state index contributed by atoms with van der Waals surface area (Å²) in [6.07, 6.45) is 6.45. The molecule has 2 nitrogen and oxygen atoms in total. The van der Waals surface area contributed by atoms with Gasteiger partial charge >= 0.3 is 0 Å². The van der Waals surface area contributed by atoms with Crippen LogP contribution in [0.2, 0.25) is 0 Å². The fraction of sp³-hybridized carbons (Fsp3) is 1.00. The van der Waals surface area contributed by atoms with Crippen LogP contribution in [-0.2, 0) is 11.0 Å². The van der Waals surface area contributed by atoms with Crippen LogP contribution >= 0.6 is 0 Å². The summed E-state index contributed by atoms with van der Waals surface area (Å²) in [7, 11) is -1.06. The van der Waals surface area contributed by atoms with Crippen LogP contribution in [0.25, 0.3) is 0 Å². The highest BCUT2D eigenvalue weighted by molar-refractivity contribution is 7.82. The smallest absolute Gasteiger partial charge is 0.0890 e. The first-order valence-corrected chi connectivity index (χ1v) is 5.30. The third kappa shape index (κ3) is 2.80. The molecule has 1 saturated carbocycles. The monoisotopic (exact) mass is 161 g/mol. The van der Waals surface area contributed by atoms with Gasteiger partial charge in [-0.15, -0.1) is 0 Å². The summed E-state index contributed by atoms with van der Waals surface area (Å²) in [4.78, 5) is 0. The normalized spacial score (nSPS) is 24.5. The highest BCUT2D eigenvalue weighted by Gasteiger charge is 2.14. The van der Waals surface area contributed by atoms with E-state index in [0.29, 0.717) is 5.92 Å². The lowest BCUT2D eigenvalue weighted by Crippen LogP contribution is -2.18. The Kier molecular flexibility index (Phi) is 3.35. The number of hydrogen-bond acceptors (Lipinski definition) is 1. The van der Waals surface area contributed by atoms with Gasteiger partial charge < -0.3 is 0 Å². The Morgan fingerprint density at radius 1 is 1.30 bits per heavy atom. The highest BCUT2D eigenvalue weighted by atomic mass is 32.2. The van der Waals surface area contributed by atoms with Crippen molar-refractivity contribution in [1.29, 1.82) is 0 Å². The van der Waals surface area contributed by atoms with Crippen molar-refractivity contribution >= 4 is 11.0 Å². The Labute approximate surface area is 64.8 Å². The Morgan fingerprint density at radius 3 is 2.40 bits per heavy atom. The van der Waals surface area contributed by atoms with E-state index in [9.17, 15) is 4.21 Å². The SMILES string of the molecule is N[S@](=O)CC1CCCCC1. The van der Waals surface area contributed by atoms with Crippen LogP contribution in [0.1, 0.15) is 32.1 Å². The molecule has 0 aromatic carbocycles. The van der Waals surface area contributed by atoms with E-state index in [1.54, 1.807) is 0 Å². The average Bonchev–Trinajstić information content (AvgIpc) is 1.88. The Balaban J connectivity index is 2.19. The molecule has 0 unspecified atom stereocenters. The number of rotatable bonds is 2. The maximum Gasteiger partial charge on any atom is 0.0890 e. The van der Waals surface area contributed by atoms with Crippen LogP contribution in [-0.4, -0.2) is 9.96 Å². The van der Waals surface area contributed by atoms with Crippen LogP contribution in [0.15, 0.2) is 0 Å². The standard InChI is InChI=1S/C7H15NOS/c8-10(9)6-7-4-2-1-3-5-7/h7H,1-6,8H2/t10-/m1/s1. The predicted molar refractivity (Wildman–Crippen MR) is 43.8 cm³/mol. The molecule has 60 valence electrons. The van der Waals surface area contributed by atoms with Crippen molar-refractivity contribution in [2.24, 2.45) is 11.1 Å². The second kappa shape index (κ2) is 4.09. The minimum atomic E-state index is -1.06. The highest BCUT2D eigenvalue weighted by Crippen LogP contribution is 2.23. The van der Waals surface area contributed by atoms with Gasteiger partial charge in [0.2, 0.25) is 0 Å². The van der Waals surface area contributed by atoms with E-state index in [0.717, 1.165) is 5.75 Å². The summed E-state index contributed by atoms with van der Waals surface area (Å²) in [5.74, 6) is 1.37. The Morgan fingerprint density at radius 2 is 1.90 bits per heavy atom. The van der Waals surface area contributed by atoms with Gasteiger partial charge in [-0.2, -0.15) is 0 Å². The van der Waals surface area contributed by atoms with Crippen LogP contribution in [0.5, 0.6) is 0 Å². The molecule has 0 spiro atoms. The van der Waals surface area contributed by atoms with Gasteiger partial charge in [0, 0.05) is 5.75 Å². The molecular weight excluding hydrogens is 146 g/mol. The quantitative estimate of drug-likeness (QED) is 0.649. The molecule has 0 amide bonds. The van der Waals surface area contributed by atoms with Crippen molar-refractivity contribution in [2.45, 2.75) is 32.1 Å². The zero-order valence-electron chi connectivity index (χ0n) is 6.21. The topological polar surface area (TPSA) is 43.1 Å². The molecule has 1 rings (SSSR count). The molecule has 0 heterocycles. The van der Waals surface area contributed by atoms with Gasteiger partial charge in [0.05, 0.1) is 11.0 Å². The third-order valence-electron chi connectivity index (χ3n) is 2.12. The second-order valence-electron chi connectivity index (χ2n) is 3.05. The minimum absolute atomic E-state index is 0.652. The molecule has 0 aromatic heterocycles. The zero-order valence-corrected chi connectivity index (χ0v) is 7.03. The molecule has 1 atom stereocenters. The molecular formula is C7H15NOS. The van der Waals surface area contributed by atoms with E-state index < -0.39 is 11.0 Å². The van der Waals surface area contributed by atoms with E-state index >= 15 is 0 Å². The van der Waals surface area contributed by atoms with Crippen molar-refractivity contribution in [3.05, 3.63) is 0 Å². The minimum Gasteiger partial charge on any atom is -0.252 e. The largest absolute Gasteiger partial charge is 0.252 e. The molecule has 10 heavy (non-hydrogen) atoms.